The Kier molecular flexibility index (Phi) is 5.31. The third-order valence-corrected chi connectivity index (χ3v) is 4.79. The number of nitrogens with one attached hydrogen (secondary N) is 1. The first-order valence-corrected chi connectivity index (χ1v) is 9.10. The largest absolute Gasteiger partial charge is 0.461 e. The molecule has 0 radical (unpaired) electrons. The molecular formula is C16H19N5O4S. The van der Waals surface area contributed by atoms with E-state index in [1.807, 2.05) is 0 Å². The summed E-state index contributed by atoms with van der Waals surface area (Å²) in [5.74, 6) is -0.932. The molecule has 3 rings (SSSR count). The van der Waals surface area contributed by atoms with Crippen LogP contribution in [0.4, 0.5) is 0 Å². The summed E-state index contributed by atoms with van der Waals surface area (Å²) >= 11 is 1.34. The van der Waals surface area contributed by atoms with E-state index in [9.17, 15) is 14.4 Å². The lowest BCUT2D eigenvalue weighted by atomic mass is 10.2. The second-order valence-corrected chi connectivity index (χ2v) is 6.66. The average molecular weight is 377 g/mol. The summed E-state index contributed by atoms with van der Waals surface area (Å²) < 4.78 is 6.45. The van der Waals surface area contributed by atoms with Gasteiger partial charge in [0.25, 0.3) is 11.8 Å². The standard InChI is InChI=1S/C16H19N5O4S/c1-3-25-16(24)11-9-26-13(18-11)4-5-17-14(22)10-8-12-15(23)20(2)6-7-21(12)19-10/h8-9H,3-7H2,1-2H3,(H,17,22). The van der Waals surface area contributed by atoms with E-state index in [1.165, 1.54) is 17.4 Å². The van der Waals surface area contributed by atoms with Crippen LogP contribution in [0.25, 0.3) is 0 Å². The number of thiazole rings is 1. The van der Waals surface area contributed by atoms with Crippen LogP contribution in [-0.2, 0) is 17.7 Å². The lowest BCUT2D eigenvalue weighted by Crippen LogP contribution is -2.37. The van der Waals surface area contributed by atoms with Crippen molar-refractivity contribution in [3.63, 3.8) is 0 Å². The molecule has 2 aromatic rings. The highest BCUT2D eigenvalue weighted by atomic mass is 32.1. The molecule has 0 fully saturated rings. The van der Waals surface area contributed by atoms with Crippen LogP contribution in [0.3, 0.4) is 0 Å². The van der Waals surface area contributed by atoms with E-state index in [-0.39, 0.29) is 23.2 Å². The van der Waals surface area contributed by atoms with Gasteiger partial charge >= 0.3 is 5.97 Å². The van der Waals surface area contributed by atoms with Crippen molar-refractivity contribution in [2.75, 3.05) is 26.7 Å². The molecule has 26 heavy (non-hydrogen) atoms. The number of ether oxygens (including phenoxy) is 1. The number of rotatable bonds is 6. The first-order valence-electron chi connectivity index (χ1n) is 8.22. The highest BCUT2D eigenvalue weighted by molar-refractivity contribution is 7.09. The Labute approximate surface area is 154 Å². The van der Waals surface area contributed by atoms with E-state index in [0.29, 0.717) is 38.4 Å². The number of likely N-dealkylation sites (N-methyl/N-ethyl adjacent to an activating group) is 1. The monoisotopic (exact) mass is 377 g/mol. The van der Waals surface area contributed by atoms with Gasteiger partial charge in [-0.05, 0) is 6.92 Å². The first-order chi connectivity index (χ1) is 12.5. The summed E-state index contributed by atoms with van der Waals surface area (Å²) in [6.07, 6.45) is 0.491. The van der Waals surface area contributed by atoms with Crippen molar-refractivity contribution in [1.29, 1.82) is 0 Å². The minimum absolute atomic E-state index is 0.142. The number of carbonyl (C=O) groups excluding carboxylic acids is 3. The normalized spacial score (nSPS) is 13.5. The fourth-order valence-corrected chi connectivity index (χ4v) is 3.28. The van der Waals surface area contributed by atoms with Crippen LogP contribution in [0.2, 0.25) is 0 Å². The Balaban J connectivity index is 1.54. The van der Waals surface area contributed by atoms with Crippen LogP contribution >= 0.6 is 11.3 Å². The molecule has 10 heteroatoms. The van der Waals surface area contributed by atoms with Gasteiger partial charge < -0.3 is 15.0 Å². The molecule has 0 atom stereocenters. The Morgan fingerprint density at radius 1 is 1.35 bits per heavy atom. The topological polar surface area (TPSA) is 106 Å². The van der Waals surface area contributed by atoms with Gasteiger partial charge in [0, 0.05) is 38.0 Å². The summed E-state index contributed by atoms with van der Waals surface area (Å²) in [5, 5.41) is 9.32. The summed E-state index contributed by atoms with van der Waals surface area (Å²) in [6.45, 7) is 3.53. The van der Waals surface area contributed by atoms with Crippen LogP contribution in [0.5, 0.6) is 0 Å². The zero-order valence-corrected chi connectivity index (χ0v) is 15.3. The van der Waals surface area contributed by atoms with Gasteiger partial charge in [0.05, 0.1) is 18.2 Å². The molecule has 0 aliphatic carbocycles. The molecule has 1 aliphatic rings. The molecule has 0 unspecified atom stereocenters. The van der Waals surface area contributed by atoms with E-state index in [2.05, 4.69) is 15.4 Å². The first kappa shape index (κ1) is 18.1. The maximum absolute atomic E-state index is 12.2. The second kappa shape index (κ2) is 7.65. The van der Waals surface area contributed by atoms with Crippen molar-refractivity contribution < 1.29 is 19.1 Å². The smallest absolute Gasteiger partial charge is 0.357 e. The van der Waals surface area contributed by atoms with Gasteiger partial charge in [-0.3, -0.25) is 14.3 Å². The lowest BCUT2D eigenvalue weighted by Gasteiger charge is -2.22. The van der Waals surface area contributed by atoms with Crippen molar-refractivity contribution >= 4 is 29.1 Å². The van der Waals surface area contributed by atoms with Crippen molar-refractivity contribution in [1.82, 2.24) is 25.0 Å². The third kappa shape index (κ3) is 3.74. The molecule has 1 aliphatic heterocycles. The Morgan fingerprint density at radius 3 is 2.92 bits per heavy atom. The van der Waals surface area contributed by atoms with E-state index >= 15 is 0 Å². The van der Waals surface area contributed by atoms with Crippen molar-refractivity contribution in [2.24, 2.45) is 0 Å². The molecule has 0 aromatic carbocycles. The number of nitrogens with zero attached hydrogens (tertiary/aromatic N) is 4. The van der Waals surface area contributed by atoms with Gasteiger partial charge in [0.1, 0.15) is 5.69 Å². The minimum Gasteiger partial charge on any atom is -0.461 e. The van der Waals surface area contributed by atoms with Crippen molar-refractivity contribution in [2.45, 2.75) is 19.9 Å². The average Bonchev–Trinajstić information content (AvgIpc) is 3.26. The van der Waals surface area contributed by atoms with Gasteiger partial charge in [0.15, 0.2) is 11.4 Å². The molecule has 0 bridgehead atoms. The minimum atomic E-state index is -0.447. The third-order valence-electron chi connectivity index (χ3n) is 3.89. The quantitative estimate of drug-likeness (QED) is 0.738. The van der Waals surface area contributed by atoms with Gasteiger partial charge in [-0.2, -0.15) is 5.10 Å². The highest BCUT2D eigenvalue weighted by Gasteiger charge is 2.25. The number of amides is 2. The van der Waals surface area contributed by atoms with Gasteiger partial charge in [-0.1, -0.05) is 0 Å². The van der Waals surface area contributed by atoms with E-state index in [1.54, 1.807) is 28.9 Å². The second-order valence-electron chi connectivity index (χ2n) is 5.72. The van der Waals surface area contributed by atoms with E-state index in [0.717, 1.165) is 5.01 Å². The maximum Gasteiger partial charge on any atom is 0.357 e. The summed E-state index contributed by atoms with van der Waals surface area (Å²) in [4.78, 5) is 41.7. The van der Waals surface area contributed by atoms with Crippen molar-refractivity contribution in [3.8, 4) is 0 Å². The van der Waals surface area contributed by atoms with Crippen molar-refractivity contribution in [3.05, 3.63) is 33.5 Å². The van der Waals surface area contributed by atoms with E-state index in [4.69, 9.17) is 4.74 Å². The number of esters is 1. The Hall–Kier alpha value is -2.75. The van der Waals surface area contributed by atoms with Crippen LogP contribution in [-0.4, -0.2) is 64.2 Å². The molecule has 0 saturated carbocycles. The number of hydrogen-bond donors (Lipinski definition) is 1. The fourth-order valence-electron chi connectivity index (χ4n) is 2.51. The number of hydrogen-bond acceptors (Lipinski definition) is 7. The Morgan fingerprint density at radius 2 is 2.15 bits per heavy atom. The predicted molar refractivity (Wildman–Crippen MR) is 93.3 cm³/mol. The highest BCUT2D eigenvalue weighted by Crippen LogP contribution is 2.13. The van der Waals surface area contributed by atoms with Gasteiger partial charge in [-0.15, -0.1) is 11.3 Å². The number of carbonyl (C=O) groups is 3. The van der Waals surface area contributed by atoms with Crippen LogP contribution in [0, 0.1) is 0 Å². The fraction of sp³-hybridized carbons (Fsp3) is 0.438. The predicted octanol–water partition coefficient (Wildman–Crippen LogP) is 0.574. The number of fused-ring (bicyclic) bond motifs is 1. The van der Waals surface area contributed by atoms with E-state index < -0.39 is 5.97 Å². The zero-order valence-electron chi connectivity index (χ0n) is 14.5. The molecule has 0 spiro atoms. The molecule has 138 valence electrons. The molecule has 0 saturated heterocycles. The SMILES string of the molecule is CCOC(=O)c1csc(CCNC(=O)c2cc3n(n2)CCN(C)C3=O)n1. The van der Waals surface area contributed by atoms with Crippen LogP contribution in [0.15, 0.2) is 11.4 Å². The lowest BCUT2D eigenvalue weighted by molar-refractivity contribution is 0.0519. The molecule has 2 aromatic heterocycles. The van der Waals surface area contributed by atoms with Gasteiger partial charge in [0.2, 0.25) is 0 Å². The molecule has 1 N–H and O–H groups in total. The number of aromatic nitrogens is 3. The summed E-state index contributed by atoms with van der Waals surface area (Å²) in [7, 11) is 1.72. The molecule has 9 nitrogen and oxygen atoms in total. The van der Waals surface area contributed by atoms with Crippen LogP contribution in [0.1, 0.15) is 43.4 Å². The summed E-state index contributed by atoms with van der Waals surface area (Å²) in [6, 6.07) is 1.51. The maximum atomic E-state index is 12.2. The molecular weight excluding hydrogens is 358 g/mol. The zero-order chi connectivity index (χ0) is 18.7. The van der Waals surface area contributed by atoms with Gasteiger partial charge in [-0.25, -0.2) is 9.78 Å². The molecule has 2 amide bonds. The molecule has 3 heterocycles. The van der Waals surface area contributed by atoms with Crippen LogP contribution < -0.4 is 5.32 Å². The summed E-state index contributed by atoms with van der Waals surface area (Å²) in [5.41, 5.74) is 0.917. The Bertz CT molecular complexity index is 844.